The maximum Gasteiger partial charge on any atom is 0.306 e. The van der Waals surface area contributed by atoms with Gasteiger partial charge in [0.15, 0.2) is 6.10 Å². The Bertz CT molecular complexity index is 1480. The van der Waals surface area contributed by atoms with E-state index in [0.29, 0.717) is 19.3 Å². The first kappa shape index (κ1) is 71.3. The minimum absolute atomic E-state index is 0.108. The van der Waals surface area contributed by atoms with Crippen molar-refractivity contribution in [2.24, 2.45) is 0 Å². The molecule has 0 saturated heterocycles. The zero-order valence-corrected chi connectivity index (χ0v) is 49.3. The topological polar surface area (TPSA) is 78.9 Å². The molecule has 430 valence electrons. The number of esters is 3. The Morgan fingerprint density at radius 1 is 0.280 bits per heavy atom. The maximum absolute atomic E-state index is 12.9. The third-order valence-electron chi connectivity index (χ3n) is 13.6. The van der Waals surface area contributed by atoms with Crippen LogP contribution in [0, 0.1) is 0 Å². The van der Waals surface area contributed by atoms with Gasteiger partial charge in [-0.1, -0.05) is 291 Å². The number of hydrogen-bond acceptors (Lipinski definition) is 6. The fourth-order valence-electron chi connectivity index (χ4n) is 8.91. The highest BCUT2D eigenvalue weighted by Crippen LogP contribution is 2.17. The van der Waals surface area contributed by atoms with Crippen molar-refractivity contribution in [2.45, 2.75) is 309 Å². The predicted octanol–water partition coefficient (Wildman–Crippen LogP) is 21.7. The molecular formula is C69H118O6. The van der Waals surface area contributed by atoms with Crippen molar-refractivity contribution >= 4 is 17.9 Å². The smallest absolute Gasteiger partial charge is 0.306 e. The molecule has 0 aliphatic heterocycles. The summed E-state index contributed by atoms with van der Waals surface area (Å²) in [6.07, 6.45) is 84.4. The zero-order chi connectivity index (χ0) is 54.3. The molecule has 6 nitrogen and oxygen atoms in total. The Kier molecular flexibility index (Phi) is 59.8. The first-order chi connectivity index (χ1) is 37.0. The first-order valence-electron chi connectivity index (χ1n) is 31.7. The van der Waals surface area contributed by atoms with Gasteiger partial charge < -0.3 is 14.2 Å². The van der Waals surface area contributed by atoms with Gasteiger partial charge >= 0.3 is 17.9 Å². The Morgan fingerprint density at radius 3 is 0.853 bits per heavy atom. The molecule has 0 N–H and O–H groups in total. The van der Waals surface area contributed by atoms with Crippen LogP contribution in [0.3, 0.4) is 0 Å². The molecule has 1 atom stereocenters. The number of hydrogen-bond donors (Lipinski definition) is 0. The molecule has 0 aromatic rings. The Labute approximate surface area is 464 Å². The minimum Gasteiger partial charge on any atom is -0.462 e. The second-order valence-corrected chi connectivity index (χ2v) is 20.9. The number of rotatable bonds is 57. The van der Waals surface area contributed by atoms with Gasteiger partial charge in [-0.2, -0.15) is 0 Å². The molecule has 0 radical (unpaired) electrons. The van der Waals surface area contributed by atoms with Crippen LogP contribution in [0.2, 0.25) is 0 Å². The van der Waals surface area contributed by atoms with Crippen molar-refractivity contribution in [2.75, 3.05) is 13.2 Å². The molecule has 75 heavy (non-hydrogen) atoms. The number of ether oxygens (including phenoxy) is 3. The average Bonchev–Trinajstić information content (AvgIpc) is 3.41. The molecule has 0 rings (SSSR count). The van der Waals surface area contributed by atoms with E-state index in [0.717, 1.165) is 103 Å². The monoisotopic (exact) mass is 1040 g/mol. The van der Waals surface area contributed by atoms with Crippen LogP contribution in [0.25, 0.3) is 0 Å². The summed E-state index contributed by atoms with van der Waals surface area (Å²) in [4.78, 5) is 38.2. The van der Waals surface area contributed by atoms with Crippen LogP contribution in [0.4, 0.5) is 0 Å². The van der Waals surface area contributed by atoms with Crippen LogP contribution < -0.4 is 0 Å². The Balaban J connectivity index is 4.30. The molecule has 0 aromatic carbocycles. The standard InChI is InChI=1S/C69H118O6/c1-4-7-10-13-16-19-22-25-27-29-30-31-32-33-34-35-36-37-38-40-41-44-47-50-53-56-59-62-68(71)74-65-66(64-73-67(70)61-58-55-52-49-46-43-24-21-18-15-12-9-6-3)75-69(72)63-60-57-54-51-48-45-42-39-28-26-23-20-17-14-11-8-5-2/h8-9,11-12,17-18,20-21,26,28,42-43,45-46,51,54,66H,4-7,10,13-16,19,22-25,27,29-41,44,47-50,52-53,55-65H2,1-3H3/b11-8-,12-9-,20-17-,21-18-,28-26-,45-42-,46-43-,54-51-. The molecule has 0 heterocycles. The van der Waals surface area contributed by atoms with Crippen LogP contribution in [-0.4, -0.2) is 37.2 Å². The van der Waals surface area contributed by atoms with E-state index in [9.17, 15) is 14.4 Å². The first-order valence-corrected chi connectivity index (χ1v) is 31.7. The van der Waals surface area contributed by atoms with Gasteiger partial charge in [0.05, 0.1) is 0 Å². The summed E-state index contributed by atoms with van der Waals surface area (Å²) in [5.41, 5.74) is 0. The van der Waals surface area contributed by atoms with E-state index in [1.165, 1.54) is 154 Å². The van der Waals surface area contributed by atoms with Gasteiger partial charge in [-0.05, 0) is 89.9 Å². The number of allylic oxidation sites excluding steroid dienone is 16. The number of carbonyl (C=O) groups is 3. The van der Waals surface area contributed by atoms with Crippen LogP contribution in [-0.2, 0) is 28.6 Å². The lowest BCUT2D eigenvalue weighted by atomic mass is 10.0. The summed E-state index contributed by atoms with van der Waals surface area (Å²) in [5, 5.41) is 0. The number of unbranched alkanes of at least 4 members (excludes halogenated alkanes) is 30. The minimum atomic E-state index is -0.820. The summed E-state index contributed by atoms with van der Waals surface area (Å²) in [5.74, 6) is -0.990. The van der Waals surface area contributed by atoms with Gasteiger partial charge in [0.1, 0.15) is 13.2 Å². The Hall–Kier alpha value is -3.67. The molecule has 0 fully saturated rings. The molecule has 6 heteroatoms. The van der Waals surface area contributed by atoms with Gasteiger partial charge in [0, 0.05) is 19.3 Å². The van der Waals surface area contributed by atoms with Crippen LogP contribution in [0.5, 0.6) is 0 Å². The fourth-order valence-corrected chi connectivity index (χ4v) is 8.91. The predicted molar refractivity (Wildman–Crippen MR) is 325 cm³/mol. The summed E-state index contributed by atoms with van der Waals surface area (Å²) in [6.45, 7) is 6.37. The van der Waals surface area contributed by atoms with Crippen molar-refractivity contribution in [3.63, 3.8) is 0 Å². The van der Waals surface area contributed by atoms with Crippen molar-refractivity contribution in [1.29, 1.82) is 0 Å². The lowest BCUT2D eigenvalue weighted by Gasteiger charge is -2.18. The lowest BCUT2D eigenvalue weighted by Crippen LogP contribution is -2.30. The average molecular weight is 1040 g/mol. The highest BCUT2D eigenvalue weighted by molar-refractivity contribution is 5.71. The summed E-state index contributed by atoms with van der Waals surface area (Å²) in [7, 11) is 0. The molecule has 0 aliphatic rings. The van der Waals surface area contributed by atoms with Gasteiger partial charge in [0.25, 0.3) is 0 Å². The van der Waals surface area contributed by atoms with Crippen LogP contribution in [0.15, 0.2) is 97.2 Å². The fraction of sp³-hybridized carbons (Fsp3) is 0.725. The van der Waals surface area contributed by atoms with E-state index < -0.39 is 6.10 Å². The zero-order valence-electron chi connectivity index (χ0n) is 49.3. The van der Waals surface area contributed by atoms with E-state index >= 15 is 0 Å². The summed E-state index contributed by atoms with van der Waals surface area (Å²) < 4.78 is 16.8. The van der Waals surface area contributed by atoms with E-state index in [2.05, 4.69) is 118 Å². The van der Waals surface area contributed by atoms with E-state index in [-0.39, 0.29) is 37.5 Å². The van der Waals surface area contributed by atoms with Crippen LogP contribution >= 0.6 is 0 Å². The highest BCUT2D eigenvalue weighted by atomic mass is 16.6. The third kappa shape index (κ3) is 61.1. The van der Waals surface area contributed by atoms with Gasteiger partial charge in [0.2, 0.25) is 0 Å². The maximum atomic E-state index is 12.9. The van der Waals surface area contributed by atoms with E-state index in [4.69, 9.17) is 14.2 Å². The van der Waals surface area contributed by atoms with Crippen molar-refractivity contribution < 1.29 is 28.6 Å². The van der Waals surface area contributed by atoms with E-state index in [1.54, 1.807) is 0 Å². The van der Waals surface area contributed by atoms with Crippen LogP contribution in [0.1, 0.15) is 303 Å². The van der Waals surface area contributed by atoms with Gasteiger partial charge in [-0.25, -0.2) is 0 Å². The molecule has 1 unspecified atom stereocenters. The van der Waals surface area contributed by atoms with Crippen molar-refractivity contribution in [1.82, 2.24) is 0 Å². The second kappa shape index (κ2) is 62.9. The summed E-state index contributed by atoms with van der Waals surface area (Å²) in [6, 6.07) is 0. The molecule has 0 aromatic heterocycles. The molecular weight excluding hydrogens is 925 g/mol. The summed E-state index contributed by atoms with van der Waals surface area (Å²) >= 11 is 0. The van der Waals surface area contributed by atoms with Gasteiger partial charge in [-0.15, -0.1) is 0 Å². The Morgan fingerprint density at radius 2 is 0.533 bits per heavy atom. The molecule has 0 amide bonds. The molecule has 0 aliphatic carbocycles. The number of carbonyl (C=O) groups excluding carboxylic acids is 3. The quantitative estimate of drug-likeness (QED) is 0.0261. The highest BCUT2D eigenvalue weighted by Gasteiger charge is 2.19. The lowest BCUT2D eigenvalue weighted by molar-refractivity contribution is -0.167. The van der Waals surface area contributed by atoms with Gasteiger partial charge in [-0.3, -0.25) is 14.4 Å². The normalized spacial score (nSPS) is 12.7. The van der Waals surface area contributed by atoms with Crippen molar-refractivity contribution in [3.05, 3.63) is 97.2 Å². The van der Waals surface area contributed by atoms with Crippen molar-refractivity contribution in [3.8, 4) is 0 Å². The molecule has 0 spiro atoms. The second-order valence-electron chi connectivity index (χ2n) is 20.9. The molecule has 0 saturated carbocycles. The molecule has 0 bridgehead atoms. The third-order valence-corrected chi connectivity index (χ3v) is 13.6. The largest absolute Gasteiger partial charge is 0.462 e. The SMILES string of the molecule is CC/C=C\C/C=C\C/C=C\C/C=C\C/C=C\CCCC(=O)OC(COC(=O)CCCCC/C=C\C/C=C\C/C=C\CC)COC(=O)CCCCCCCCCCCCCCCCCCCCCCCCCCCCC. The van der Waals surface area contributed by atoms with E-state index in [1.807, 2.05) is 0 Å².